The molecule has 1 saturated carbocycles. The number of carbonyl (C=O) groups is 2. The number of hydrogen-bond acceptors (Lipinski definition) is 5. The van der Waals surface area contributed by atoms with Crippen LogP contribution in [0.4, 0.5) is 0 Å². The maximum Gasteiger partial charge on any atom is 0.252 e. The molecule has 1 saturated heterocycles. The molecule has 7 nitrogen and oxygen atoms in total. The first kappa shape index (κ1) is 28.4. The highest BCUT2D eigenvalue weighted by atomic mass is 16.5. The maximum atomic E-state index is 13.8. The van der Waals surface area contributed by atoms with Gasteiger partial charge < -0.3 is 15.4 Å². The molecule has 2 fully saturated rings. The number of hydrogen-bond donors (Lipinski definition) is 2. The van der Waals surface area contributed by atoms with E-state index in [-0.39, 0.29) is 11.8 Å². The lowest BCUT2D eigenvalue weighted by Crippen LogP contribution is -2.56. The largest absolute Gasteiger partial charge is 0.457 e. The van der Waals surface area contributed by atoms with Crippen LogP contribution in [0.2, 0.25) is 0 Å². The number of nitrogens with zero attached hydrogens (tertiary/aromatic N) is 2. The SMILES string of the molecule is N#CC1(NC(=O)C(CC2CCCCC2)NC(=O)c2cccc(Oc3ccccc3)c2)CCN(Cc2ccccc2)C1. The van der Waals surface area contributed by atoms with E-state index in [9.17, 15) is 14.9 Å². The van der Waals surface area contributed by atoms with Gasteiger partial charge in [0.15, 0.2) is 0 Å². The predicted octanol–water partition coefficient (Wildman–Crippen LogP) is 5.83. The van der Waals surface area contributed by atoms with Gasteiger partial charge in [-0.3, -0.25) is 14.5 Å². The summed E-state index contributed by atoms with van der Waals surface area (Å²) in [6, 6.07) is 28.2. The van der Waals surface area contributed by atoms with Gasteiger partial charge in [0.25, 0.3) is 5.91 Å². The number of amides is 2. The highest BCUT2D eigenvalue weighted by molar-refractivity contribution is 5.98. The second kappa shape index (κ2) is 13.5. The van der Waals surface area contributed by atoms with Crippen LogP contribution in [0.25, 0.3) is 0 Å². The van der Waals surface area contributed by atoms with Gasteiger partial charge >= 0.3 is 0 Å². The molecule has 2 unspecified atom stereocenters. The molecule has 3 aromatic carbocycles. The summed E-state index contributed by atoms with van der Waals surface area (Å²) in [7, 11) is 0. The monoisotopic (exact) mass is 550 g/mol. The number of likely N-dealkylation sites (tertiary alicyclic amines) is 1. The normalized spacial score (nSPS) is 20.1. The Morgan fingerprint density at radius 2 is 1.66 bits per heavy atom. The van der Waals surface area contributed by atoms with Crippen LogP contribution in [0.1, 0.15) is 60.9 Å². The molecular weight excluding hydrogens is 512 g/mol. The molecule has 41 heavy (non-hydrogen) atoms. The van der Waals surface area contributed by atoms with Crippen molar-refractivity contribution in [1.29, 1.82) is 5.26 Å². The van der Waals surface area contributed by atoms with Gasteiger partial charge in [-0.1, -0.05) is 86.7 Å². The van der Waals surface area contributed by atoms with E-state index in [0.29, 0.717) is 42.4 Å². The van der Waals surface area contributed by atoms with Crippen LogP contribution in [0.5, 0.6) is 11.5 Å². The molecule has 0 aromatic heterocycles. The summed E-state index contributed by atoms with van der Waals surface area (Å²) in [6.45, 7) is 1.90. The van der Waals surface area contributed by atoms with Gasteiger partial charge in [0.1, 0.15) is 23.1 Å². The second-order valence-corrected chi connectivity index (χ2v) is 11.3. The minimum Gasteiger partial charge on any atom is -0.457 e. The Labute approximate surface area is 242 Å². The van der Waals surface area contributed by atoms with Gasteiger partial charge in [-0.25, -0.2) is 0 Å². The molecule has 3 aromatic rings. The van der Waals surface area contributed by atoms with E-state index in [2.05, 4.69) is 33.7 Å². The lowest BCUT2D eigenvalue weighted by atomic mass is 9.84. The number of ether oxygens (including phenoxy) is 1. The third-order valence-corrected chi connectivity index (χ3v) is 8.16. The van der Waals surface area contributed by atoms with Gasteiger partial charge in [-0.15, -0.1) is 0 Å². The fourth-order valence-electron chi connectivity index (χ4n) is 5.96. The number of para-hydroxylation sites is 1. The quantitative estimate of drug-likeness (QED) is 0.331. The number of carbonyl (C=O) groups excluding carboxylic acids is 2. The summed E-state index contributed by atoms with van der Waals surface area (Å²) < 4.78 is 5.91. The van der Waals surface area contributed by atoms with E-state index < -0.39 is 11.6 Å². The van der Waals surface area contributed by atoms with Gasteiger partial charge in [0, 0.05) is 25.2 Å². The third-order valence-electron chi connectivity index (χ3n) is 8.16. The molecule has 7 heteroatoms. The molecule has 2 aliphatic rings. The molecule has 2 atom stereocenters. The summed E-state index contributed by atoms with van der Waals surface area (Å²) in [6.07, 6.45) is 6.70. The Morgan fingerprint density at radius 1 is 0.951 bits per heavy atom. The van der Waals surface area contributed by atoms with Crippen molar-refractivity contribution in [2.24, 2.45) is 5.92 Å². The van der Waals surface area contributed by atoms with Crippen molar-refractivity contribution in [3.05, 3.63) is 96.1 Å². The molecule has 0 bridgehead atoms. The van der Waals surface area contributed by atoms with E-state index in [0.717, 1.165) is 38.8 Å². The molecule has 2 amide bonds. The molecule has 5 rings (SSSR count). The first-order chi connectivity index (χ1) is 20.0. The third kappa shape index (κ3) is 7.74. The van der Waals surface area contributed by atoms with Crippen molar-refractivity contribution in [3.63, 3.8) is 0 Å². The Kier molecular flexibility index (Phi) is 9.33. The van der Waals surface area contributed by atoms with Crippen LogP contribution in [0.3, 0.4) is 0 Å². The summed E-state index contributed by atoms with van der Waals surface area (Å²) >= 11 is 0. The molecular formula is C34H38N4O3. The van der Waals surface area contributed by atoms with Crippen LogP contribution < -0.4 is 15.4 Å². The molecule has 212 valence electrons. The highest BCUT2D eigenvalue weighted by Gasteiger charge is 2.41. The predicted molar refractivity (Wildman–Crippen MR) is 158 cm³/mol. The first-order valence-electron chi connectivity index (χ1n) is 14.7. The van der Waals surface area contributed by atoms with Crippen molar-refractivity contribution in [1.82, 2.24) is 15.5 Å². The molecule has 0 radical (unpaired) electrons. The number of benzene rings is 3. The smallest absolute Gasteiger partial charge is 0.252 e. The van der Waals surface area contributed by atoms with Crippen LogP contribution in [-0.4, -0.2) is 41.4 Å². The van der Waals surface area contributed by atoms with Crippen LogP contribution in [0.15, 0.2) is 84.9 Å². The fourth-order valence-corrected chi connectivity index (χ4v) is 5.96. The van der Waals surface area contributed by atoms with Crippen molar-refractivity contribution in [2.75, 3.05) is 13.1 Å². The molecule has 1 heterocycles. The average Bonchev–Trinajstić information content (AvgIpc) is 3.41. The summed E-state index contributed by atoms with van der Waals surface area (Å²) in [5.74, 6) is 0.972. The van der Waals surface area contributed by atoms with E-state index >= 15 is 0 Å². The number of rotatable bonds is 10. The van der Waals surface area contributed by atoms with E-state index in [1.807, 2.05) is 48.5 Å². The van der Waals surface area contributed by atoms with Crippen LogP contribution >= 0.6 is 0 Å². The average molecular weight is 551 g/mol. The maximum absolute atomic E-state index is 13.8. The molecule has 1 aliphatic carbocycles. The minimum absolute atomic E-state index is 0.288. The Bertz CT molecular complexity index is 1350. The minimum atomic E-state index is -0.981. The van der Waals surface area contributed by atoms with Crippen molar-refractivity contribution < 1.29 is 14.3 Å². The fraction of sp³-hybridized carbons (Fsp3) is 0.382. The van der Waals surface area contributed by atoms with Crippen LogP contribution in [0, 0.1) is 17.2 Å². The van der Waals surface area contributed by atoms with Gasteiger partial charge in [0.05, 0.1) is 6.07 Å². The van der Waals surface area contributed by atoms with Crippen molar-refractivity contribution in [2.45, 2.75) is 63.1 Å². The zero-order valence-corrected chi connectivity index (χ0v) is 23.4. The standard InChI is InChI=1S/C34H38N4O3/c35-24-34(19-20-38(25-34)23-27-13-6-2-7-14-27)37-33(40)31(21-26-11-4-1-5-12-26)36-32(39)28-15-10-18-30(22-28)41-29-16-8-3-9-17-29/h2-3,6-10,13-18,22,26,31H,1,4-5,11-12,19-21,23,25H2,(H,36,39)(H,37,40). The Balaban J connectivity index is 1.27. The van der Waals surface area contributed by atoms with E-state index in [4.69, 9.17) is 4.74 Å². The Hall–Kier alpha value is -4.15. The molecule has 2 N–H and O–H groups in total. The van der Waals surface area contributed by atoms with Crippen molar-refractivity contribution in [3.8, 4) is 17.6 Å². The lowest BCUT2D eigenvalue weighted by molar-refractivity contribution is -0.124. The first-order valence-corrected chi connectivity index (χ1v) is 14.7. The zero-order valence-electron chi connectivity index (χ0n) is 23.4. The topological polar surface area (TPSA) is 94.5 Å². The Morgan fingerprint density at radius 3 is 2.39 bits per heavy atom. The summed E-state index contributed by atoms with van der Waals surface area (Å²) in [4.78, 5) is 29.4. The van der Waals surface area contributed by atoms with Crippen LogP contribution in [-0.2, 0) is 11.3 Å². The van der Waals surface area contributed by atoms with Gasteiger partial charge in [-0.05, 0) is 54.7 Å². The summed E-state index contributed by atoms with van der Waals surface area (Å²) in [5.41, 5.74) is 0.614. The number of nitriles is 1. The zero-order chi connectivity index (χ0) is 28.5. The van der Waals surface area contributed by atoms with Gasteiger partial charge in [0.2, 0.25) is 5.91 Å². The highest BCUT2D eigenvalue weighted by Crippen LogP contribution is 2.29. The molecule has 1 aliphatic heterocycles. The summed E-state index contributed by atoms with van der Waals surface area (Å²) in [5, 5.41) is 16.2. The van der Waals surface area contributed by atoms with Gasteiger partial charge in [-0.2, -0.15) is 5.26 Å². The van der Waals surface area contributed by atoms with E-state index in [1.54, 1.807) is 24.3 Å². The van der Waals surface area contributed by atoms with Crippen molar-refractivity contribution >= 4 is 11.8 Å². The lowest BCUT2D eigenvalue weighted by Gasteiger charge is -2.30. The van der Waals surface area contributed by atoms with E-state index in [1.165, 1.54) is 12.0 Å². The number of nitrogens with one attached hydrogen (secondary N) is 2. The molecule has 0 spiro atoms. The second-order valence-electron chi connectivity index (χ2n) is 11.3.